The third-order valence-corrected chi connectivity index (χ3v) is 4.43. The number of amides is 2. The number of benzene rings is 1. The first-order chi connectivity index (χ1) is 13.6. The molecule has 2 rings (SSSR count). The van der Waals surface area contributed by atoms with Gasteiger partial charge < -0.3 is 25.3 Å². The summed E-state index contributed by atoms with van der Waals surface area (Å²) in [5, 5.41) is 5.73. The molecule has 0 atom stereocenters. The average molecular weight is 406 g/mol. The van der Waals surface area contributed by atoms with Crippen LogP contribution in [0.15, 0.2) is 30.5 Å². The van der Waals surface area contributed by atoms with Crippen LogP contribution in [-0.2, 0) is 16.1 Å². The minimum Gasteiger partial charge on any atom is -0.453 e. The average Bonchev–Trinajstić information content (AvgIpc) is 3.18. The zero-order chi connectivity index (χ0) is 20.4. The third-order valence-electron chi connectivity index (χ3n) is 4.00. The monoisotopic (exact) mass is 405 g/mol. The van der Waals surface area contributed by atoms with E-state index in [2.05, 4.69) is 25.3 Å². The van der Waals surface area contributed by atoms with E-state index in [-0.39, 0.29) is 12.5 Å². The molecule has 152 valence electrons. The number of hydrogen-bond donors (Lipinski definition) is 3. The van der Waals surface area contributed by atoms with Crippen molar-refractivity contribution in [1.29, 1.82) is 0 Å². The highest BCUT2D eigenvalue weighted by Gasteiger charge is 2.16. The Balaban J connectivity index is 2.00. The molecule has 1 heterocycles. The molecule has 0 aliphatic rings. The van der Waals surface area contributed by atoms with Crippen molar-refractivity contribution in [2.45, 2.75) is 19.9 Å². The van der Waals surface area contributed by atoms with E-state index in [1.807, 2.05) is 37.4 Å². The van der Waals surface area contributed by atoms with E-state index in [1.165, 1.54) is 7.11 Å². The molecule has 0 saturated heterocycles. The maximum absolute atomic E-state index is 12.4. The Hall–Kier alpha value is -2.68. The van der Waals surface area contributed by atoms with Gasteiger partial charge in [-0.2, -0.15) is 0 Å². The normalized spacial score (nSPS) is 10.4. The van der Waals surface area contributed by atoms with Crippen molar-refractivity contribution in [1.82, 2.24) is 20.2 Å². The van der Waals surface area contributed by atoms with E-state index in [4.69, 9.17) is 0 Å². The van der Waals surface area contributed by atoms with Crippen LogP contribution >= 0.6 is 11.8 Å². The fraction of sp³-hybridized carbons (Fsp3) is 0.421. The summed E-state index contributed by atoms with van der Waals surface area (Å²) in [5.41, 5.74) is 2.98. The third kappa shape index (κ3) is 6.49. The number of H-pyrrole nitrogens is 1. The number of anilines is 1. The molecule has 2 aromatic rings. The minimum absolute atomic E-state index is 0.106. The molecule has 0 aliphatic carbocycles. The Morgan fingerprint density at radius 3 is 2.68 bits per heavy atom. The molecule has 3 N–H and O–H groups in total. The van der Waals surface area contributed by atoms with Gasteiger partial charge in [0.1, 0.15) is 12.4 Å². The van der Waals surface area contributed by atoms with Crippen molar-refractivity contribution in [2.75, 3.05) is 37.6 Å². The zero-order valence-electron chi connectivity index (χ0n) is 16.4. The number of alkyl carbamates (subject to hydrolysis) is 1. The van der Waals surface area contributed by atoms with Gasteiger partial charge in [0, 0.05) is 12.2 Å². The van der Waals surface area contributed by atoms with Gasteiger partial charge in [-0.15, -0.1) is 11.8 Å². The van der Waals surface area contributed by atoms with Crippen molar-refractivity contribution in [3.05, 3.63) is 36.3 Å². The Morgan fingerprint density at radius 1 is 1.29 bits per heavy atom. The molecule has 9 heteroatoms. The first-order valence-corrected chi connectivity index (χ1v) is 10.4. The number of rotatable bonds is 10. The van der Waals surface area contributed by atoms with Gasteiger partial charge in [-0.3, -0.25) is 4.79 Å². The number of ether oxygens (including phenoxy) is 1. The predicted molar refractivity (Wildman–Crippen MR) is 112 cm³/mol. The molecule has 2 amide bonds. The highest BCUT2D eigenvalue weighted by molar-refractivity contribution is 7.98. The first-order valence-electron chi connectivity index (χ1n) is 9.04. The van der Waals surface area contributed by atoms with Crippen LogP contribution in [0, 0.1) is 0 Å². The van der Waals surface area contributed by atoms with Gasteiger partial charge in [-0.1, -0.05) is 19.1 Å². The molecular formula is C19H27N5O3S. The van der Waals surface area contributed by atoms with Gasteiger partial charge in [-0.05, 0) is 30.4 Å². The molecule has 8 nitrogen and oxygen atoms in total. The summed E-state index contributed by atoms with van der Waals surface area (Å²) in [6.07, 6.45) is 4.00. The summed E-state index contributed by atoms with van der Waals surface area (Å²) in [7, 11) is 1.26. The Kier molecular flexibility index (Phi) is 8.67. The molecular weight excluding hydrogens is 378 g/mol. The van der Waals surface area contributed by atoms with E-state index >= 15 is 0 Å². The number of imidazole rings is 1. The Labute approximate surface area is 169 Å². The van der Waals surface area contributed by atoms with Gasteiger partial charge in [0.05, 0.1) is 31.4 Å². The fourth-order valence-corrected chi connectivity index (χ4v) is 2.90. The fourth-order valence-electron chi connectivity index (χ4n) is 2.59. The summed E-state index contributed by atoms with van der Waals surface area (Å²) in [5.74, 6) is 1.37. The summed E-state index contributed by atoms with van der Waals surface area (Å²) in [6, 6.07) is 8.10. The van der Waals surface area contributed by atoms with Crippen molar-refractivity contribution in [3.8, 4) is 11.3 Å². The van der Waals surface area contributed by atoms with Crippen molar-refractivity contribution in [2.24, 2.45) is 0 Å². The number of aromatic amines is 1. The molecule has 0 saturated carbocycles. The molecule has 28 heavy (non-hydrogen) atoms. The lowest BCUT2D eigenvalue weighted by atomic mass is 10.1. The van der Waals surface area contributed by atoms with Gasteiger partial charge in [0.15, 0.2) is 0 Å². The summed E-state index contributed by atoms with van der Waals surface area (Å²) >= 11 is 1.73. The van der Waals surface area contributed by atoms with Gasteiger partial charge >= 0.3 is 6.09 Å². The molecule has 0 aliphatic heterocycles. The predicted octanol–water partition coefficient (Wildman–Crippen LogP) is 2.90. The van der Waals surface area contributed by atoms with Crippen molar-refractivity contribution < 1.29 is 14.3 Å². The van der Waals surface area contributed by atoms with Gasteiger partial charge in [0.25, 0.3) is 0 Å². The maximum atomic E-state index is 12.4. The SMILES string of the molecule is CCCN(Cc1ncc(-c2ccc(NCSC)cc2)[nH]1)C(=O)CNC(=O)OC. The lowest BCUT2D eigenvalue weighted by Gasteiger charge is -2.21. The number of nitrogens with one attached hydrogen (secondary N) is 3. The quantitative estimate of drug-likeness (QED) is 0.526. The Bertz CT molecular complexity index is 763. The second-order valence-electron chi connectivity index (χ2n) is 6.09. The number of aromatic nitrogens is 2. The van der Waals surface area contributed by atoms with Crippen molar-refractivity contribution >= 4 is 29.4 Å². The number of thioether (sulfide) groups is 1. The molecule has 1 aromatic carbocycles. The van der Waals surface area contributed by atoms with Crippen LogP contribution < -0.4 is 10.6 Å². The molecule has 0 radical (unpaired) electrons. The molecule has 0 bridgehead atoms. The van der Waals surface area contributed by atoms with E-state index in [0.717, 1.165) is 29.2 Å². The van der Waals surface area contributed by atoms with Crippen molar-refractivity contribution in [3.63, 3.8) is 0 Å². The minimum atomic E-state index is -0.624. The Morgan fingerprint density at radius 2 is 2.04 bits per heavy atom. The maximum Gasteiger partial charge on any atom is 0.407 e. The lowest BCUT2D eigenvalue weighted by molar-refractivity contribution is -0.130. The number of carbonyl (C=O) groups is 2. The van der Waals surface area contributed by atoms with Crippen LogP contribution in [0.4, 0.5) is 10.5 Å². The zero-order valence-corrected chi connectivity index (χ0v) is 17.3. The van der Waals surface area contributed by atoms with Crippen LogP contribution in [0.25, 0.3) is 11.3 Å². The van der Waals surface area contributed by atoms with E-state index in [1.54, 1.807) is 22.9 Å². The molecule has 0 unspecified atom stereocenters. The van der Waals surface area contributed by atoms with Crippen LogP contribution in [-0.4, -0.2) is 59.2 Å². The highest BCUT2D eigenvalue weighted by atomic mass is 32.2. The number of hydrogen-bond acceptors (Lipinski definition) is 6. The van der Waals surface area contributed by atoms with Gasteiger partial charge in [0.2, 0.25) is 5.91 Å². The summed E-state index contributed by atoms with van der Waals surface area (Å²) in [4.78, 5) is 32.9. The molecule has 0 fully saturated rings. The topological polar surface area (TPSA) is 99.4 Å². The summed E-state index contributed by atoms with van der Waals surface area (Å²) in [6.45, 7) is 2.81. The van der Waals surface area contributed by atoms with E-state index in [9.17, 15) is 9.59 Å². The number of carbonyl (C=O) groups excluding carboxylic acids is 2. The lowest BCUT2D eigenvalue weighted by Crippen LogP contribution is -2.40. The first kappa shape index (κ1) is 21.6. The van der Waals surface area contributed by atoms with E-state index in [0.29, 0.717) is 18.9 Å². The second kappa shape index (κ2) is 11.2. The van der Waals surface area contributed by atoms with Crippen LogP contribution in [0.5, 0.6) is 0 Å². The number of nitrogens with zero attached hydrogens (tertiary/aromatic N) is 2. The highest BCUT2D eigenvalue weighted by Crippen LogP contribution is 2.20. The largest absolute Gasteiger partial charge is 0.453 e. The van der Waals surface area contributed by atoms with Gasteiger partial charge in [-0.25, -0.2) is 9.78 Å². The van der Waals surface area contributed by atoms with Crippen LogP contribution in [0.1, 0.15) is 19.2 Å². The number of methoxy groups -OCH3 is 1. The van der Waals surface area contributed by atoms with Crippen LogP contribution in [0.3, 0.4) is 0 Å². The van der Waals surface area contributed by atoms with Crippen LogP contribution in [0.2, 0.25) is 0 Å². The molecule has 1 aromatic heterocycles. The molecule has 0 spiro atoms. The smallest absolute Gasteiger partial charge is 0.407 e. The van der Waals surface area contributed by atoms with E-state index < -0.39 is 6.09 Å². The summed E-state index contributed by atoms with van der Waals surface area (Å²) < 4.78 is 4.50. The second-order valence-corrected chi connectivity index (χ2v) is 6.96. The standard InChI is InChI=1S/C19H27N5O3S/c1-4-9-24(18(25)11-21-19(26)27-2)12-17-20-10-16(23-17)14-5-7-15(8-6-14)22-13-28-3/h5-8,10,22H,4,9,11-13H2,1-3H3,(H,20,23)(H,21,26).